The Morgan fingerprint density at radius 2 is 1.55 bits per heavy atom. The van der Waals surface area contributed by atoms with Crippen LogP contribution in [0.5, 0.6) is 23.0 Å². The number of carbonyl (C=O) groups excluding carboxylic acids is 1. The Balaban J connectivity index is 1.52. The molecule has 1 heterocycles. The standard InChI is InChI=1S/C31H32N2O5/c1-3-5-6-18-36-24-11-7-21(8-12-24)29-26-16-15-25(19-28(26)38-30(33)27(29)20-32)37-31(34)22-9-13-23(14-10-22)35-17-4-2/h7-16,19,29H,3-6,17-18,33H2,1-2H3. The van der Waals surface area contributed by atoms with E-state index in [0.29, 0.717) is 41.6 Å². The number of unbranched alkanes of at least 4 members (excludes halogenated alkanes) is 2. The predicted molar refractivity (Wildman–Crippen MR) is 144 cm³/mol. The highest BCUT2D eigenvalue weighted by molar-refractivity contribution is 5.91. The summed E-state index contributed by atoms with van der Waals surface area (Å²) in [6.07, 6.45) is 4.18. The van der Waals surface area contributed by atoms with Crippen molar-refractivity contribution in [2.75, 3.05) is 13.2 Å². The third-order valence-electron chi connectivity index (χ3n) is 6.19. The Labute approximate surface area is 223 Å². The minimum atomic E-state index is -0.505. The van der Waals surface area contributed by atoms with Crippen LogP contribution in [-0.4, -0.2) is 19.2 Å². The number of nitrogens with two attached hydrogens (primary N) is 1. The van der Waals surface area contributed by atoms with Crippen LogP contribution in [0.25, 0.3) is 0 Å². The summed E-state index contributed by atoms with van der Waals surface area (Å²) in [5.41, 5.74) is 8.49. The SMILES string of the molecule is CCCCCOc1ccc(C2C(C#N)=C(N)Oc3cc(OC(=O)c4ccc(OCCC)cc4)ccc32)cc1. The maximum absolute atomic E-state index is 12.7. The minimum Gasteiger partial charge on any atom is -0.494 e. The molecule has 7 heteroatoms. The van der Waals surface area contributed by atoms with Crippen LogP contribution in [0.1, 0.15) is 66.9 Å². The Bertz CT molecular complexity index is 1320. The number of rotatable bonds is 11. The third-order valence-corrected chi connectivity index (χ3v) is 6.19. The summed E-state index contributed by atoms with van der Waals surface area (Å²) in [5.74, 6) is 1.32. The van der Waals surface area contributed by atoms with E-state index in [1.807, 2.05) is 31.2 Å². The summed E-state index contributed by atoms with van der Waals surface area (Å²) in [6.45, 7) is 5.47. The van der Waals surface area contributed by atoms with E-state index in [9.17, 15) is 10.1 Å². The van der Waals surface area contributed by atoms with Crippen molar-refractivity contribution < 1.29 is 23.7 Å². The number of benzene rings is 3. The molecule has 4 rings (SSSR count). The molecule has 196 valence electrons. The first-order valence-corrected chi connectivity index (χ1v) is 12.9. The van der Waals surface area contributed by atoms with Gasteiger partial charge < -0.3 is 24.7 Å². The average Bonchev–Trinajstić information content (AvgIpc) is 2.94. The van der Waals surface area contributed by atoms with Gasteiger partial charge in [0.2, 0.25) is 5.88 Å². The maximum Gasteiger partial charge on any atom is 0.343 e. The van der Waals surface area contributed by atoms with Crippen molar-refractivity contribution in [2.24, 2.45) is 5.73 Å². The Hall–Kier alpha value is -4.44. The summed E-state index contributed by atoms with van der Waals surface area (Å²) in [6, 6.07) is 21.8. The van der Waals surface area contributed by atoms with Crippen LogP contribution in [0.4, 0.5) is 0 Å². The van der Waals surface area contributed by atoms with Crippen molar-refractivity contribution in [2.45, 2.75) is 45.4 Å². The summed E-state index contributed by atoms with van der Waals surface area (Å²) in [4.78, 5) is 12.7. The third kappa shape index (κ3) is 6.27. The predicted octanol–water partition coefficient (Wildman–Crippen LogP) is 6.48. The fourth-order valence-corrected chi connectivity index (χ4v) is 4.21. The van der Waals surface area contributed by atoms with Crippen molar-refractivity contribution >= 4 is 5.97 Å². The van der Waals surface area contributed by atoms with Crippen LogP contribution in [0.3, 0.4) is 0 Å². The molecule has 1 atom stereocenters. The quantitative estimate of drug-likeness (QED) is 0.178. The summed E-state index contributed by atoms with van der Waals surface area (Å²) < 4.78 is 22.7. The number of hydrogen-bond donors (Lipinski definition) is 1. The lowest BCUT2D eigenvalue weighted by molar-refractivity contribution is 0.0734. The van der Waals surface area contributed by atoms with Crippen LogP contribution < -0.4 is 24.7 Å². The second-order valence-corrected chi connectivity index (χ2v) is 9.01. The number of nitrogens with zero attached hydrogens (tertiary/aromatic N) is 1. The van der Waals surface area contributed by atoms with Gasteiger partial charge in [0.1, 0.15) is 34.6 Å². The number of esters is 1. The largest absolute Gasteiger partial charge is 0.494 e. The second-order valence-electron chi connectivity index (χ2n) is 9.01. The average molecular weight is 513 g/mol. The molecule has 7 nitrogen and oxygen atoms in total. The fraction of sp³-hybridized carbons (Fsp3) is 0.290. The molecule has 3 aromatic carbocycles. The molecule has 0 spiro atoms. The molecular formula is C31H32N2O5. The van der Waals surface area contributed by atoms with Crippen LogP contribution >= 0.6 is 0 Å². The smallest absolute Gasteiger partial charge is 0.343 e. The van der Waals surface area contributed by atoms with Gasteiger partial charge in [-0.15, -0.1) is 0 Å². The van der Waals surface area contributed by atoms with Crippen LogP contribution in [-0.2, 0) is 0 Å². The summed E-state index contributed by atoms with van der Waals surface area (Å²) in [5, 5.41) is 9.84. The lowest BCUT2D eigenvalue weighted by Crippen LogP contribution is -2.21. The molecule has 0 saturated heterocycles. The number of hydrogen-bond acceptors (Lipinski definition) is 7. The van der Waals surface area contributed by atoms with Crippen molar-refractivity contribution in [3.8, 4) is 29.1 Å². The van der Waals surface area contributed by atoms with Gasteiger partial charge in [0.05, 0.1) is 24.7 Å². The minimum absolute atomic E-state index is 0.0241. The van der Waals surface area contributed by atoms with Gasteiger partial charge in [-0.1, -0.05) is 44.9 Å². The monoisotopic (exact) mass is 512 g/mol. The van der Waals surface area contributed by atoms with E-state index in [-0.39, 0.29) is 5.88 Å². The van der Waals surface area contributed by atoms with E-state index in [1.165, 1.54) is 0 Å². The zero-order valence-corrected chi connectivity index (χ0v) is 21.7. The Morgan fingerprint density at radius 1 is 0.895 bits per heavy atom. The highest BCUT2D eigenvalue weighted by atomic mass is 16.5. The van der Waals surface area contributed by atoms with Gasteiger partial charge in [-0.3, -0.25) is 0 Å². The molecule has 0 fully saturated rings. The van der Waals surface area contributed by atoms with Gasteiger partial charge in [-0.2, -0.15) is 5.26 Å². The molecule has 0 amide bonds. The van der Waals surface area contributed by atoms with E-state index in [4.69, 9.17) is 24.7 Å². The first-order chi connectivity index (χ1) is 18.5. The van der Waals surface area contributed by atoms with Crippen molar-refractivity contribution in [3.05, 3.63) is 94.9 Å². The topological polar surface area (TPSA) is 104 Å². The molecule has 0 saturated carbocycles. The van der Waals surface area contributed by atoms with Gasteiger partial charge in [0.25, 0.3) is 0 Å². The van der Waals surface area contributed by atoms with Gasteiger partial charge in [0, 0.05) is 11.6 Å². The number of carbonyl (C=O) groups is 1. The van der Waals surface area contributed by atoms with E-state index in [2.05, 4.69) is 13.0 Å². The van der Waals surface area contributed by atoms with E-state index in [0.717, 1.165) is 42.6 Å². The first-order valence-electron chi connectivity index (χ1n) is 12.9. The Kier molecular flexibility index (Phi) is 8.89. The van der Waals surface area contributed by atoms with E-state index < -0.39 is 11.9 Å². The highest BCUT2D eigenvalue weighted by Crippen LogP contribution is 2.43. The fourth-order valence-electron chi connectivity index (χ4n) is 4.21. The van der Waals surface area contributed by atoms with Gasteiger partial charge in [-0.25, -0.2) is 4.79 Å². The number of ether oxygens (including phenoxy) is 4. The maximum atomic E-state index is 12.7. The lowest BCUT2D eigenvalue weighted by Gasteiger charge is -2.26. The van der Waals surface area contributed by atoms with Crippen molar-refractivity contribution in [1.82, 2.24) is 0 Å². The normalized spacial score (nSPS) is 14.2. The highest BCUT2D eigenvalue weighted by Gasteiger charge is 2.31. The first kappa shape index (κ1) is 26.6. The van der Waals surface area contributed by atoms with Crippen molar-refractivity contribution in [1.29, 1.82) is 5.26 Å². The van der Waals surface area contributed by atoms with Crippen LogP contribution in [0.2, 0.25) is 0 Å². The molecule has 1 aliphatic rings. The van der Waals surface area contributed by atoms with Gasteiger partial charge in [-0.05, 0) is 60.9 Å². The van der Waals surface area contributed by atoms with E-state index >= 15 is 0 Å². The molecule has 2 N–H and O–H groups in total. The zero-order chi connectivity index (χ0) is 26.9. The zero-order valence-electron chi connectivity index (χ0n) is 21.7. The number of allylic oxidation sites excluding steroid dienone is 1. The molecule has 0 aliphatic carbocycles. The molecule has 0 radical (unpaired) electrons. The molecule has 38 heavy (non-hydrogen) atoms. The van der Waals surface area contributed by atoms with Gasteiger partial charge >= 0.3 is 5.97 Å². The summed E-state index contributed by atoms with van der Waals surface area (Å²) >= 11 is 0. The van der Waals surface area contributed by atoms with Crippen molar-refractivity contribution in [3.63, 3.8) is 0 Å². The molecule has 1 aliphatic heterocycles. The summed E-state index contributed by atoms with van der Waals surface area (Å²) in [7, 11) is 0. The molecule has 1 unspecified atom stereocenters. The molecular weight excluding hydrogens is 480 g/mol. The number of fused-ring (bicyclic) bond motifs is 1. The van der Waals surface area contributed by atoms with Crippen LogP contribution in [0, 0.1) is 11.3 Å². The molecule has 0 bridgehead atoms. The Morgan fingerprint density at radius 3 is 2.21 bits per heavy atom. The lowest BCUT2D eigenvalue weighted by atomic mass is 9.83. The number of nitriles is 1. The van der Waals surface area contributed by atoms with E-state index in [1.54, 1.807) is 42.5 Å². The molecule has 3 aromatic rings. The van der Waals surface area contributed by atoms with Crippen LogP contribution in [0.15, 0.2) is 78.2 Å². The second kappa shape index (κ2) is 12.7. The molecule has 0 aromatic heterocycles. The van der Waals surface area contributed by atoms with Gasteiger partial charge in [0.15, 0.2) is 0 Å².